The zero-order valence-electron chi connectivity index (χ0n) is 8.62. The first-order valence-corrected chi connectivity index (χ1v) is 5.58. The smallest absolute Gasteiger partial charge is 0.173 e. The molecule has 0 bridgehead atoms. The minimum absolute atomic E-state index is 0.193. The molecule has 0 saturated carbocycles. The maximum absolute atomic E-state index is 8.97. The van der Waals surface area contributed by atoms with E-state index in [9.17, 15) is 0 Å². The summed E-state index contributed by atoms with van der Waals surface area (Å²) < 4.78 is 5.10. The van der Waals surface area contributed by atoms with E-state index in [0.29, 0.717) is 0 Å². The fourth-order valence-electron chi connectivity index (χ4n) is 1.15. The van der Waals surface area contributed by atoms with Crippen LogP contribution in [0.3, 0.4) is 0 Å². The normalized spacial score (nSPS) is 12.8. The Morgan fingerprint density at radius 2 is 2.36 bits per heavy atom. The number of rotatable bonds is 6. The van der Waals surface area contributed by atoms with E-state index in [-0.39, 0.29) is 12.6 Å². The Morgan fingerprint density at radius 3 is 2.86 bits per heavy atom. The van der Waals surface area contributed by atoms with Gasteiger partial charge in [0.15, 0.2) is 5.06 Å². The van der Waals surface area contributed by atoms with Gasteiger partial charge < -0.3 is 15.2 Å². The molecule has 0 aliphatic heterocycles. The molecule has 1 aromatic rings. The lowest BCUT2D eigenvalue weighted by atomic mass is 10.2. The third kappa shape index (κ3) is 3.29. The minimum atomic E-state index is 0.193. The highest BCUT2D eigenvalue weighted by Gasteiger charge is 2.04. The number of hydrogen-bond donors (Lipinski definition) is 2. The number of hydrogen-bond acceptors (Lipinski definition) is 4. The molecule has 14 heavy (non-hydrogen) atoms. The molecule has 0 unspecified atom stereocenters. The Hall–Kier alpha value is -0.580. The van der Waals surface area contributed by atoms with E-state index in [0.717, 1.165) is 18.0 Å². The molecule has 0 radical (unpaired) electrons. The van der Waals surface area contributed by atoms with Crippen molar-refractivity contribution in [1.29, 1.82) is 0 Å². The highest BCUT2D eigenvalue weighted by atomic mass is 32.1. The molecular formula is C10H17NO2S. The van der Waals surface area contributed by atoms with E-state index < -0.39 is 0 Å². The van der Waals surface area contributed by atoms with Crippen molar-refractivity contribution < 1.29 is 9.84 Å². The number of methoxy groups -OCH3 is 1. The van der Waals surface area contributed by atoms with Crippen LogP contribution in [0.1, 0.15) is 18.2 Å². The molecule has 2 N–H and O–H groups in total. The largest absolute Gasteiger partial charge is 0.487 e. The Bertz CT molecular complexity index is 258. The van der Waals surface area contributed by atoms with Crippen LogP contribution < -0.4 is 10.1 Å². The summed E-state index contributed by atoms with van der Waals surface area (Å²) in [4.78, 5) is 1.23. The van der Waals surface area contributed by atoms with Crippen molar-refractivity contribution in [3.8, 4) is 5.06 Å². The van der Waals surface area contributed by atoms with E-state index in [4.69, 9.17) is 9.84 Å². The summed E-state index contributed by atoms with van der Waals surface area (Å²) in [7, 11) is 1.67. The molecule has 80 valence electrons. The average Bonchev–Trinajstić information content (AvgIpc) is 2.67. The fraction of sp³-hybridized carbons (Fsp3) is 0.600. The van der Waals surface area contributed by atoms with Gasteiger partial charge in [0.25, 0.3) is 0 Å². The van der Waals surface area contributed by atoms with Gasteiger partial charge in [-0.25, -0.2) is 0 Å². The molecule has 1 rings (SSSR count). The van der Waals surface area contributed by atoms with Crippen molar-refractivity contribution in [2.45, 2.75) is 25.9 Å². The lowest BCUT2D eigenvalue weighted by Gasteiger charge is -2.12. The Kier molecular flexibility index (Phi) is 4.93. The summed E-state index contributed by atoms with van der Waals surface area (Å²) in [6.45, 7) is 3.05. The molecule has 4 heteroatoms. The van der Waals surface area contributed by atoms with Crippen LogP contribution in [0.25, 0.3) is 0 Å². The van der Waals surface area contributed by atoms with E-state index in [1.807, 2.05) is 12.1 Å². The summed E-state index contributed by atoms with van der Waals surface area (Å²) >= 11 is 1.63. The van der Waals surface area contributed by atoms with Crippen LogP contribution in [0.2, 0.25) is 0 Å². The summed E-state index contributed by atoms with van der Waals surface area (Å²) in [5.41, 5.74) is 0. The van der Waals surface area contributed by atoms with Gasteiger partial charge in [-0.05, 0) is 18.6 Å². The monoisotopic (exact) mass is 215 g/mol. The SMILES string of the molecule is CC[C@H](CO)NCc1ccc(OC)s1. The molecule has 0 aromatic carbocycles. The van der Waals surface area contributed by atoms with Crippen LogP contribution in [0.15, 0.2) is 12.1 Å². The first-order valence-electron chi connectivity index (χ1n) is 4.77. The van der Waals surface area contributed by atoms with Crippen LogP contribution in [-0.2, 0) is 6.54 Å². The second-order valence-corrected chi connectivity index (χ2v) is 4.22. The maximum atomic E-state index is 8.97. The molecule has 0 amide bonds. The molecule has 0 aliphatic carbocycles. The van der Waals surface area contributed by atoms with Crippen molar-refractivity contribution in [3.63, 3.8) is 0 Å². The van der Waals surface area contributed by atoms with Gasteiger partial charge in [0.1, 0.15) is 0 Å². The highest BCUT2D eigenvalue weighted by Crippen LogP contribution is 2.23. The van der Waals surface area contributed by atoms with Gasteiger partial charge >= 0.3 is 0 Å². The van der Waals surface area contributed by atoms with Crippen molar-refractivity contribution in [3.05, 3.63) is 17.0 Å². The first-order chi connectivity index (χ1) is 6.80. The van der Waals surface area contributed by atoms with Gasteiger partial charge in [0.05, 0.1) is 13.7 Å². The molecule has 1 atom stereocenters. The lowest BCUT2D eigenvalue weighted by molar-refractivity contribution is 0.238. The summed E-state index contributed by atoms with van der Waals surface area (Å²) in [6, 6.07) is 4.20. The zero-order valence-corrected chi connectivity index (χ0v) is 9.43. The maximum Gasteiger partial charge on any atom is 0.173 e. The Labute approximate surface area is 88.7 Å². The highest BCUT2D eigenvalue weighted by molar-refractivity contribution is 7.13. The molecule has 1 heterocycles. The Balaban J connectivity index is 2.37. The lowest BCUT2D eigenvalue weighted by Crippen LogP contribution is -2.30. The van der Waals surface area contributed by atoms with E-state index >= 15 is 0 Å². The topological polar surface area (TPSA) is 41.5 Å². The third-order valence-corrected chi connectivity index (χ3v) is 3.16. The van der Waals surface area contributed by atoms with Gasteiger partial charge in [-0.15, -0.1) is 11.3 Å². The molecule has 0 fully saturated rings. The second kappa shape index (κ2) is 6.01. The summed E-state index contributed by atoms with van der Waals surface area (Å²) in [5, 5.41) is 13.2. The number of aliphatic hydroxyl groups excluding tert-OH is 1. The van der Waals surface area contributed by atoms with Crippen LogP contribution in [0, 0.1) is 0 Å². The fourth-order valence-corrected chi connectivity index (χ4v) is 1.92. The molecular weight excluding hydrogens is 198 g/mol. The van der Waals surface area contributed by atoms with Crippen LogP contribution in [0.5, 0.6) is 5.06 Å². The molecule has 0 saturated heterocycles. The number of thiophene rings is 1. The van der Waals surface area contributed by atoms with Gasteiger partial charge in [-0.1, -0.05) is 6.92 Å². The number of nitrogens with one attached hydrogen (secondary N) is 1. The van der Waals surface area contributed by atoms with Crippen molar-refractivity contribution >= 4 is 11.3 Å². The molecule has 3 nitrogen and oxygen atoms in total. The van der Waals surface area contributed by atoms with Crippen LogP contribution in [-0.4, -0.2) is 24.9 Å². The van der Waals surface area contributed by atoms with E-state index in [1.165, 1.54) is 4.88 Å². The second-order valence-electron chi connectivity index (χ2n) is 3.09. The summed E-state index contributed by atoms with van der Waals surface area (Å²) in [5.74, 6) is 0. The minimum Gasteiger partial charge on any atom is -0.487 e. The molecule has 0 spiro atoms. The predicted molar refractivity (Wildman–Crippen MR) is 58.9 cm³/mol. The first kappa shape index (κ1) is 11.5. The molecule has 1 aromatic heterocycles. The van der Waals surface area contributed by atoms with Crippen LogP contribution >= 0.6 is 11.3 Å². The van der Waals surface area contributed by atoms with E-state index in [2.05, 4.69) is 12.2 Å². The van der Waals surface area contributed by atoms with Gasteiger partial charge in [0.2, 0.25) is 0 Å². The van der Waals surface area contributed by atoms with Crippen LogP contribution in [0.4, 0.5) is 0 Å². The zero-order chi connectivity index (χ0) is 10.4. The third-order valence-electron chi connectivity index (χ3n) is 2.12. The van der Waals surface area contributed by atoms with Gasteiger partial charge in [-0.3, -0.25) is 0 Å². The Morgan fingerprint density at radius 1 is 1.57 bits per heavy atom. The average molecular weight is 215 g/mol. The van der Waals surface area contributed by atoms with Gasteiger partial charge in [-0.2, -0.15) is 0 Å². The standard InChI is InChI=1S/C10H17NO2S/c1-3-8(7-12)11-6-9-4-5-10(13-2)14-9/h4-5,8,11-12H,3,6-7H2,1-2H3/t8-/m1/s1. The van der Waals surface area contributed by atoms with E-state index in [1.54, 1.807) is 18.4 Å². The van der Waals surface area contributed by atoms with Crippen molar-refractivity contribution in [2.24, 2.45) is 0 Å². The summed E-state index contributed by atoms with van der Waals surface area (Å²) in [6.07, 6.45) is 0.943. The van der Waals surface area contributed by atoms with Crippen molar-refractivity contribution in [1.82, 2.24) is 5.32 Å². The number of ether oxygens (including phenoxy) is 1. The number of aliphatic hydroxyl groups is 1. The van der Waals surface area contributed by atoms with Crippen molar-refractivity contribution in [2.75, 3.05) is 13.7 Å². The molecule has 0 aliphatic rings. The quantitative estimate of drug-likeness (QED) is 0.757. The predicted octanol–water partition coefficient (Wildman–Crippen LogP) is 1.62. The van der Waals surface area contributed by atoms with Gasteiger partial charge in [0, 0.05) is 17.5 Å².